The second-order valence-corrected chi connectivity index (χ2v) is 15.3. The molecule has 1 nitrogen and oxygen atoms in total. The molecular weight excluding hydrogens is 675 g/mol. The summed E-state index contributed by atoms with van der Waals surface area (Å²) in [5, 5.41) is 2.40. The fraction of sp³-hybridized carbons (Fsp3) is 0.0545. The molecule has 0 aromatic heterocycles. The van der Waals surface area contributed by atoms with Gasteiger partial charge >= 0.3 is 0 Å². The highest BCUT2D eigenvalue weighted by Crippen LogP contribution is 2.53. The fourth-order valence-electron chi connectivity index (χ4n) is 9.02. The average molecular weight is 716 g/mol. The minimum Gasteiger partial charge on any atom is -0.309 e. The van der Waals surface area contributed by atoms with E-state index in [-0.39, 0.29) is 5.41 Å². The van der Waals surface area contributed by atoms with E-state index in [1.165, 1.54) is 77.5 Å². The van der Waals surface area contributed by atoms with E-state index in [1.807, 2.05) is 0 Å². The van der Waals surface area contributed by atoms with Gasteiger partial charge in [-0.15, -0.1) is 0 Å². The Kier molecular flexibility index (Phi) is 8.23. The first kappa shape index (κ1) is 33.6. The standard InChI is InChI=1S/C55H41N/c1-55(2)49-31-15-13-28-46(49)47-36-35-41(37-50(47)55)44-27-14-16-32-51(44)56(52-33-17-24-39-23-9-10-26-43(39)52)53-34-18-30-45(40-21-7-4-8-22-40)54(53)48-29-12-11-25-42(48)38-19-5-3-6-20-38/h3-37H,1-2H3. The predicted octanol–water partition coefficient (Wildman–Crippen LogP) is 15.3. The maximum Gasteiger partial charge on any atom is 0.0547 e. The van der Waals surface area contributed by atoms with Gasteiger partial charge in [-0.3, -0.25) is 0 Å². The Morgan fingerprint density at radius 1 is 0.321 bits per heavy atom. The van der Waals surface area contributed by atoms with Crippen LogP contribution in [-0.2, 0) is 5.41 Å². The van der Waals surface area contributed by atoms with E-state index in [4.69, 9.17) is 0 Å². The van der Waals surface area contributed by atoms with Crippen molar-refractivity contribution in [2.45, 2.75) is 19.3 Å². The Balaban J connectivity index is 1.28. The number of rotatable bonds is 7. The van der Waals surface area contributed by atoms with Crippen LogP contribution in [-0.4, -0.2) is 0 Å². The van der Waals surface area contributed by atoms with Gasteiger partial charge in [-0.2, -0.15) is 0 Å². The van der Waals surface area contributed by atoms with Crippen LogP contribution in [0.4, 0.5) is 17.1 Å². The van der Waals surface area contributed by atoms with Crippen molar-refractivity contribution in [2.75, 3.05) is 4.90 Å². The van der Waals surface area contributed by atoms with Gasteiger partial charge in [-0.1, -0.05) is 202 Å². The van der Waals surface area contributed by atoms with E-state index in [0.717, 1.165) is 17.1 Å². The van der Waals surface area contributed by atoms with Crippen molar-refractivity contribution in [1.29, 1.82) is 0 Å². The number of hydrogen-bond acceptors (Lipinski definition) is 1. The normalized spacial score (nSPS) is 12.6. The lowest BCUT2D eigenvalue weighted by molar-refractivity contribution is 0.660. The molecule has 9 aromatic carbocycles. The lowest BCUT2D eigenvalue weighted by atomic mass is 9.81. The van der Waals surface area contributed by atoms with Gasteiger partial charge in [-0.25, -0.2) is 0 Å². The molecule has 1 heteroatoms. The zero-order chi connectivity index (χ0) is 37.6. The summed E-state index contributed by atoms with van der Waals surface area (Å²) in [6.45, 7) is 4.72. The molecule has 0 atom stereocenters. The first-order valence-corrected chi connectivity index (χ1v) is 19.5. The maximum absolute atomic E-state index is 2.52. The van der Waals surface area contributed by atoms with Gasteiger partial charge < -0.3 is 4.90 Å². The van der Waals surface area contributed by atoms with Gasteiger partial charge in [0, 0.05) is 21.9 Å². The molecule has 0 N–H and O–H groups in total. The van der Waals surface area contributed by atoms with Crippen LogP contribution in [0.25, 0.3) is 66.4 Å². The van der Waals surface area contributed by atoms with Gasteiger partial charge in [-0.05, 0) is 85.3 Å². The summed E-state index contributed by atoms with van der Waals surface area (Å²) >= 11 is 0. The smallest absolute Gasteiger partial charge is 0.0547 e. The third-order valence-corrected chi connectivity index (χ3v) is 11.7. The van der Waals surface area contributed by atoms with Gasteiger partial charge in [0.15, 0.2) is 0 Å². The Labute approximate surface area is 329 Å². The van der Waals surface area contributed by atoms with Crippen LogP contribution in [0.1, 0.15) is 25.0 Å². The second-order valence-electron chi connectivity index (χ2n) is 15.3. The summed E-state index contributed by atoms with van der Waals surface area (Å²) in [6.07, 6.45) is 0. The molecule has 9 aromatic rings. The molecule has 0 unspecified atom stereocenters. The second kappa shape index (κ2) is 13.7. The van der Waals surface area contributed by atoms with Crippen molar-refractivity contribution in [3.63, 3.8) is 0 Å². The van der Waals surface area contributed by atoms with Crippen molar-refractivity contribution in [2.24, 2.45) is 0 Å². The monoisotopic (exact) mass is 715 g/mol. The van der Waals surface area contributed by atoms with E-state index < -0.39 is 0 Å². The Hall–Kier alpha value is -6.96. The van der Waals surface area contributed by atoms with Gasteiger partial charge in [0.1, 0.15) is 0 Å². The van der Waals surface area contributed by atoms with Crippen LogP contribution >= 0.6 is 0 Å². The zero-order valence-corrected chi connectivity index (χ0v) is 31.7. The zero-order valence-electron chi connectivity index (χ0n) is 31.7. The first-order chi connectivity index (χ1) is 27.6. The third-order valence-electron chi connectivity index (χ3n) is 11.7. The van der Waals surface area contributed by atoms with Crippen LogP contribution in [0.3, 0.4) is 0 Å². The number of nitrogens with zero attached hydrogens (tertiary/aromatic N) is 1. The first-order valence-electron chi connectivity index (χ1n) is 19.5. The van der Waals surface area contributed by atoms with Crippen LogP contribution in [0, 0.1) is 0 Å². The van der Waals surface area contributed by atoms with Gasteiger partial charge in [0.25, 0.3) is 0 Å². The van der Waals surface area contributed by atoms with Crippen molar-refractivity contribution in [3.05, 3.63) is 223 Å². The Morgan fingerprint density at radius 3 is 1.62 bits per heavy atom. The van der Waals surface area contributed by atoms with Crippen LogP contribution in [0.15, 0.2) is 212 Å². The summed E-state index contributed by atoms with van der Waals surface area (Å²) < 4.78 is 0. The summed E-state index contributed by atoms with van der Waals surface area (Å²) in [6, 6.07) is 77.7. The largest absolute Gasteiger partial charge is 0.309 e. The summed E-state index contributed by atoms with van der Waals surface area (Å²) in [5.74, 6) is 0. The molecule has 266 valence electrons. The van der Waals surface area contributed by atoms with Crippen LogP contribution < -0.4 is 4.90 Å². The van der Waals surface area contributed by atoms with E-state index >= 15 is 0 Å². The van der Waals surface area contributed by atoms with Crippen LogP contribution in [0.5, 0.6) is 0 Å². The van der Waals surface area contributed by atoms with Crippen molar-refractivity contribution >= 4 is 27.8 Å². The molecule has 0 amide bonds. The molecule has 1 aliphatic carbocycles. The summed E-state index contributed by atoms with van der Waals surface area (Å²) in [5.41, 5.74) is 18.2. The molecule has 0 saturated heterocycles. The highest BCUT2D eigenvalue weighted by atomic mass is 15.1. The van der Waals surface area contributed by atoms with E-state index in [1.54, 1.807) is 0 Å². The Bertz CT molecular complexity index is 2880. The van der Waals surface area contributed by atoms with Gasteiger partial charge in [0.05, 0.1) is 17.1 Å². The molecule has 0 bridgehead atoms. The molecule has 1 aliphatic rings. The minimum atomic E-state index is -0.107. The van der Waals surface area contributed by atoms with Crippen LogP contribution in [0.2, 0.25) is 0 Å². The number of fused-ring (bicyclic) bond motifs is 4. The molecule has 0 spiro atoms. The highest BCUT2D eigenvalue weighted by Gasteiger charge is 2.35. The lowest BCUT2D eigenvalue weighted by Crippen LogP contribution is -2.15. The molecule has 0 saturated carbocycles. The third kappa shape index (κ3) is 5.55. The summed E-state index contributed by atoms with van der Waals surface area (Å²) in [4.78, 5) is 2.52. The molecule has 0 fully saturated rings. The number of anilines is 3. The number of benzene rings is 9. The van der Waals surface area contributed by atoms with Crippen molar-refractivity contribution < 1.29 is 0 Å². The lowest BCUT2D eigenvalue weighted by Gasteiger charge is -2.32. The molecule has 56 heavy (non-hydrogen) atoms. The minimum absolute atomic E-state index is 0.107. The molecule has 10 rings (SSSR count). The van der Waals surface area contributed by atoms with Crippen molar-refractivity contribution in [3.8, 4) is 55.6 Å². The Morgan fingerprint density at radius 2 is 0.839 bits per heavy atom. The fourth-order valence-corrected chi connectivity index (χ4v) is 9.02. The topological polar surface area (TPSA) is 3.24 Å². The number of para-hydroxylation sites is 1. The summed E-state index contributed by atoms with van der Waals surface area (Å²) in [7, 11) is 0. The quantitative estimate of drug-likeness (QED) is 0.159. The molecule has 0 heterocycles. The molecular formula is C55H41N. The predicted molar refractivity (Wildman–Crippen MR) is 238 cm³/mol. The molecule has 0 aliphatic heterocycles. The molecule has 0 radical (unpaired) electrons. The van der Waals surface area contributed by atoms with E-state index in [0.29, 0.717) is 0 Å². The SMILES string of the molecule is CC1(C)c2ccccc2-c2ccc(-c3ccccc3N(c3cccc(-c4ccccc4)c3-c3ccccc3-c3ccccc3)c3cccc4ccccc34)cc21. The van der Waals surface area contributed by atoms with E-state index in [9.17, 15) is 0 Å². The van der Waals surface area contributed by atoms with Gasteiger partial charge in [0.2, 0.25) is 0 Å². The van der Waals surface area contributed by atoms with Crippen molar-refractivity contribution in [1.82, 2.24) is 0 Å². The maximum atomic E-state index is 2.52. The average Bonchev–Trinajstić information content (AvgIpc) is 3.50. The number of hydrogen-bond donors (Lipinski definition) is 0. The van der Waals surface area contributed by atoms with E-state index in [2.05, 4.69) is 231 Å². The highest BCUT2D eigenvalue weighted by molar-refractivity contribution is 6.07.